The first-order valence-electron chi connectivity index (χ1n) is 5.87. The molecule has 0 amide bonds. The SMILES string of the molecule is Cc1c(Cl)cccc1S(=O)(=O)N1CCN(C)CC1.Cl. The molecular weight excluding hydrogens is 307 g/mol. The second kappa shape index (κ2) is 6.41. The minimum absolute atomic E-state index is 0. The molecule has 1 aliphatic rings. The summed E-state index contributed by atoms with van der Waals surface area (Å²) in [5.41, 5.74) is 0.623. The minimum atomic E-state index is -3.42. The summed E-state index contributed by atoms with van der Waals surface area (Å²) in [7, 11) is -1.42. The summed E-state index contributed by atoms with van der Waals surface area (Å²) in [6.45, 7) is 4.33. The van der Waals surface area contributed by atoms with Crippen LogP contribution in [0.2, 0.25) is 5.02 Å². The van der Waals surface area contributed by atoms with Gasteiger partial charge in [0.1, 0.15) is 0 Å². The summed E-state index contributed by atoms with van der Waals surface area (Å²) >= 11 is 5.99. The standard InChI is InChI=1S/C12H17ClN2O2S.ClH/c1-10-11(13)4-3-5-12(10)18(16,17)15-8-6-14(2)7-9-15;/h3-5H,6-9H2,1-2H3;1H. The van der Waals surface area contributed by atoms with Crippen molar-refractivity contribution in [1.82, 2.24) is 9.21 Å². The lowest BCUT2D eigenvalue weighted by molar-refractivity contribution is 0.222. The highest BCUT2D eigenvalue weighted by Crippen LogP contribution is 2.25. The molecule has 1 aromatic carbocycles. The zero-order valence-electron chi connectivity index (χ0n) is 11.0. The molecule has 1 heterocycles. The Hall–Kier alpha value is -0.330. The second-order valence-electron chi connectivity index (χ2n) is 4.57. The van der Waals surface area contributed by atoms with Crippen molar-refractivity contribution in [3.8, 4) is 0 Å². The van der Waals surface area contributed by atoms with Gasteiger partial charge in [0, 0.05) is 31.2 Å². The van der Waals surface area contributed by atoms with E-state index in [0.29, 0.717) is 28.6 Å². The first-order chi connectivity index (χ1) is 8.43. The van der Waals surface area contributed by atoms with Crippen LogP contribution in [-0.4, -0.2) is 50.8 Å². The third-order valence-electron chi connectivity index (χ3n) is 3.30. The Morgan fingerprint density at radius 3 is 2.32 bits per heavy atom. The maximum atomic E-state index is 12.5. The summed E-state index contributed by atoms with van der Waals surface area (Å²) in [5.74, 6) is 0. The molecule has 2 rings (SSSR count). The summed E-state index contributed by atoms with van der Waals surface area (Å²) < 4.78 is 26.6. The first kappa shape index (κ1) is 16.7. The lowest BCUT2D eigenvalue weighted by Gasteiger charge is -2.31. The normalized spacial score (nSPS) is 18.1. The van der Waals surface area contributed by atoms with Gasteiger partial charge in [-0.15, -0.1) is 12.4 Å². The fourth-order valence-corrected chi connectivity index (χ4v) is 3.93. The van der Waals surface area contributed by atoms with Gasteiger partial charge in [-0.05, 0) is 31.7 Å². The van der Waals surface area contributed by atoms with Crippen LogP contribution in [0.5, 0.6) is 0 Å². The van der Waals surface area contributed by atoms with Crippen LogP contribution in [0.3, 0.4) is 0 Å². The van der Waals surface area contributed by atoms with Gasteiger partial charge < -0.3 is 4.90 Å². The number of halogens is 2. The van der Waals surface area contributed by atoms with E-state index in [1.165, 1.54) is 4.31 Å². The Bertz CT molecular complexity index is 541. The molecular formula is C12H18Cl2N2O2S. The summed E-state index contributed by atoms with van der Waals surface area (Å²) in [6.07, 6.45) is 0. The van der Waals surface area contributed by atoms with Gasteiger partial charge in [-0.3, -0.25) is 0 Å². The van der Waals surface area contributed by atoms with Crippen molar-refractivity contribution >= 4 is 34.0 Å². The van der Waals surface area contributed by atoms with E-state index in [1.807, 2.05) is 7.05 Å². The number of nitrogens with zero attached hydrogens (tertiary/aromatic N) is 2. The van der Waals surface area contributed by atoms with Crippen molar-refractivity contribution in [1.29, 1.82) is 0 Å². The van der Waals surface area contributed by atoms with Gasteiger partial charge in [-0.2, -0.15) is 4.31 Å². The largest absolute Gasteiger partial charge is 0.304 e. The van der Waals surface area contributed by atoms with Gasteiger partial charge in [-0.25, -0.2) is 8.42 Å². The molecule has 7 heteroatoms. The molecule has 0 unspecified atom stereocenters. The molecule has 0 atom stereocenters. The lowest BCUT2D eigenvalue weighted by Crippen LogP contribution is -2.47. The van der Waals surface area contributed by atoms with Gasteiger partial charge in [0.15, 0.2) is 0 Å². The van der Waals surface area contributed by atoms with Crippen LogP contribution in [-0.2, 0) is 10.0 Å². The summed E-state index contributed by atoms with van der Waals surface area (Å²) in [4.78, 5) is 2.44. The Labute approximate surface area is 125 Å². The van der Waals surface area contributed by atoms with E-state index >= 15 is 0 Å². The molecule has 1 aliphatic heterocycles. The monoisotopic (exact) mass is 324 g/mol. The fourth-order valence-electron chi connectivity index (χ4n) is 2.03. The zero-order chi connectivity index (χ0) is 13.3. The zero-order valence-corrected chi connectivity index (χ0v) is 13.4. The van der Waals surface area contributed by atoms with E-state index in [-0.39, 0.29) is 12.4 Å². The molecule has 0 bridgehead atoms. The Morgan fingerprint density at radius 1 is 1.16 bits per heavy atom. The highest BCUT2D eigenvalue weighted by Gasteiger charge is 2.28. The molecule has 1 aromatic rings. The highest BCUT2D eigenvalue weighted by molar-refractivity contribution is 7.89. The lowest BCUT2D eigenvalue weighted by atomic mass is 10.2. The molecule has 0 radical (unpaired) electrons. The van der Waals surface area contributed by atoms with Crippen LogP contribution >= 0.6 is 24.0 Å². The van der Waals surface area contributed by atoms with Crippen LogP contribution in [0, 0.1) is 6.92 Å². The molecule has 108 valence electrons. The topological polar surface area (TPSA) is 40.6 Å². The van der Waals surface area contributed by atoms with Gasteiger partial charge in [-0.1, -0.05) is 17.7 Å². The molecule has 1 fully saturated rings. The second-order valence-corrected chi connectivity index (χ2v) is 6.88. The molecule has 0 N–H and O–H groups in total. The molecule has 0 spiro atoms. The molecule has 0 saturated carbocycles. The Morgan fingerprint density at radius 2 is 1.74 bits per heavy atom. The molecule has 19 heavy (non-hydrogen) atoms. The molecule has 1 saturated heterocycles. The predicted octanol–water partition coefficient (Wildman–Crippen LogP) is 2.01. The van der Waals surface area contributed by atoms with Crippen LogP contribution in [0.15, 0.2) is 23.1 Å². The average Bonchev–Trinajstić information content (AvgIpc) is 2.33. The van der Waals surface area contributed by atoms with E-state index in [2.05, 4.69) is 4.90 Å². The van der Waals surface area contributed by atoms with Crippen molar-refractivity contribution in [3.63, 3.8) is 0 Å². The maximum Gasteiger partial charge on any atom is 0.243 e. The van der Waals surface area contributed by atoms with E-state index < -0.39 is 10.0 Å². The van der Waals surface area contributed by atoms with Crippen LogP contribution in [0.25, 0.3) is 0 Å². The third kappa shape index (κ3) is 3.41. The van der Waals surface area contributed by atoms with Crippen molar-refractivity contribution in [2.45, 2.75) is 11.8 Å². The average molecular weight is 325 g/mol. The number of likely N-dealkylation sites (N-methyl/N-ethyl adjacent to an activating group) is 1. The van der Waals surface area contributed by atoms with E-state index in [4.69, 9.17) is 11.6 Å². The summed E-state index contributed by atoms with van der Waals surface area (Å²) in [5, 5.41) is 0.491. The fraction of sp³-hybridized carbons (Fsp3) is 0.500. The quantitative estimate of drug-likeness (QED) is 0.835. The molecule has 0 aliphatic carbocycles. The van der Waals surface area contributed by atoms with E-state index in [0.717, 1.165) is 13.1 Å². The highest BCUT2D eigenvalue weighted by atomic mass is 35.5. The number of hydrogen-bond acceptors (Lipinski definition) is 3. The van der Waals surface area contributed by atoms with Gasteiger partial charge in [0.05, 0.1) is 4.90 Å². The number of piperazine rings is 1. The number of rotatable bonds is 2. The van der Waals surface area contributed by atoms with E-state index in [1.54, 1.807) is 25.1 Å². The Balaban J connectivity index is 0.00000180. The summed E-state index contributed by atoms with van der Waals surface area (Å²) in [6, 6.07) is 5.01. The number of hydrogen-bond donors (Lipinski definition) is 0. The Kier molecular flexibility index (Phi) is 5.65. The van der Waals surface area contributed by atoms with Crippen LogP contribution in [0.1, 0.15) is 5.56 Å². The molecule has 4 nitrogen and oxygen atoms in total. The third-order valence-corrected chi connectivity index (χ3v) is 5.75. The predicted molar refractivity (Wildman–Crippen MR) is 79.7 cm³/mol. The van der Waals surface area contributed by atoms with Crippen LogP contribution < -0.4 is 0 Å². The van der Waals surface area contributed by atoms with Crippen molar-refractivity contribution in [2.24, 2.45) is 0 Å². The van der Waals surface area contributed by atoms with Gasteiger partial charge in [0.2, 0.25) is 10.0 Å². The van der Waals surface area contributed by atoms with Crippen LogP contribution in [0.4, 0.5) is 0 Å². The van der Waals surface area contributed by atoms with Crippen molar-refractivity contribution in [3.05, 3.63) is 28.8 Å². The van der Waals surface area contributed by atoms with E-state index in [9.17, 15) is 8.42 Å². The van der Waals surface area contributed by atoms with Gasteiger partial charge >= 0.3 is 0 Å². The number of benzene rings is 1. The van der Waals surface area contributed by atoms with Crippen molar-refractivity contribution in [2.75, 3.05) is 33.2 Å². The van der Waals surface area contributed by atoms with Gasteiger partial charge in [0.25, 0.3) is 0 Å². The first-order valence-corrected chi connectivity index (χ1v) is 7.68. The smallest absolute Gasteiger partial charge is 0.243 e. The minimum Gasteiger partial charge on any atom is -0.304 e. The maximum absolute atomic E-state index is 12.5. The number of sulfonamides is 1. The van der Waals surface area contributed by atoms with Crippen molar-refractivity contribution < 1.29 is 8.42 Å². The molecule has 0 aromatic heterocycles.